The molecular weight excluding hydrogens is 496 g/mol. The fourth-order valence-corrected chi connectivity index (χ4v) is 6.92. The number of aryl methyl sites for hydroxylation is 1. The van der Waals surface area contributed by atoms with Gasteiger partial charge in [0.15, 0.2) is 5.78 Å². The van der Waals surface area contributed by atoms with E-state index >= 15 is 0 Å². The van der Waals surface area contributed by atoms with E-state index in [0.717, 1.165) is 57.8 Å². The first kappa shape index (κ1) is 24.8. The lowest BCUT2D eigenvalue weighted by Gasteiger charge is -2.30. The summed E-state index contributed by atoms with van der Waals surface area (Å²) >= 11 is 7.01. The van der Waals surface area contributed by atoms with Crippen LogP contribution in [-0.4, -0.2) is 26.5 Å². The number of hydrogen-bond acceptors (Lipinski definition) is 4. The Kier molecular flexibility index (Phi) is 6.52. The number of pyridine rings is 1. The molecule has 2 aliphatic carbocycles. The molecule has 0 N–H and O–H groups in total. The summed E-state index contributed by atoms with van der Waals surface area (Å²) in [6.07, 6.45) is 13.6. The molecule has 2 bridgehead atoms. The number of allylic oxidation sites excluding steroid dienone is 1. The quantitative estimate of drug-likeness (QED) is 0.250. The molecule has 2 aromatic carbocycles. The van der Waals surface area contributed by atoms with Gasteiger partial charge in [0, 0.05) is 36.4 Å². The molecule has 6 rings (SSSR count). The minimum Gasteiger partial charge on any atom is -0.306 e. The molecule has 2 aliphatic rings. The third-order valence-electron chi connectivity index (χ3n) is 8.41. The van der Waals surface area contributed by atoms with Gasteiger partial charge in [0.25, 0.3) is 0 Å². The van der Waals surface area contributed by atoms with E-state index in [0.29, 0.717) is 29.8 Å². The topological polar surface area (TPSA) is 68.1 Å². The molecule has 1 unspecified atom stereocenters. The second kappa shape index (κ2) is 9.99. The number of fused-ring (bicyclic) bond motifs is 4. The fraction of sp³-hybridized carbons (Fsp3) is 0.355. The molecule has 0 saturated heterocycles. The number of carbonyl (C=O) groups is 2. The Morgan fingerprint density at radius 1 is 1.13 bits per heavy atom. The standard InChI is InChI=1S/C31H31ClN4O2/c1-3-26(37)10-8-20-12-25(17-33-15-20)36(31(38)27-13-19-7-9-21(27)11-19)18-23-6-4-5-22-14-24-16-34-35(2)30(24)29(32)28(22)23/h4-6,8,10,12,14-17,19,21,27H,3,7,9,11,13,18H2,1-2H3/b10-8+/t19-,21+,27?/m0/s1. The van der Waals surface area contributed by atoms with Crippen LogP contribution in [0.3, 0.4) is 0 Å². The average molecular weight is 527 g/mol. The molecule has 3 atom stereocenters. The molecule has 7 heteroatoms. The van der Waals surface area contributed by atoms with Gasteiger partial charge in [0.2, 0.25) is 5.91 Å². The van der Waals surface area contributed by atoms with E-state index in [1.807, 2.05) is 37.2 Å². The number of halogens is 1. The van der Waals surface area contributed by atoms with Crippen molar-refractivity contribution in [3.8, 4) is 0 Å². The van der Waals surface area contributed by atoms with E-state index in [2.05, 4.69) is 28.3 Å². The highest BCUT2D eigenvalue weighted by Gasteiger charge is 2.44. The van der Waals surface area contributed by atoms with Crippen LogP contribution >= 0.6 is 11.6 Å². The normalized spacial score (nSPS) is 20.7. The molecule has 2 saturated carbocycles. The van der Waals surface area contributed by atoms with Crippen LogP contribution < -0.4 is 4.90 Å². The van der Waals surface area contributed by atoms with E-state index in [1.165, 1.54) is 6.42 Å². The summed E-state index contributed by atoms with van der Waals surface area (Å²) < 4.78 is 1.80. The van der Waals surface area contributed by atoms with Crippen molar-refractivity contribution in [3.05, 3.63) is 71.1 Å². The first-order valence-electron chi connectivity index (χ1n) is 13.4. The molecule has 6 nitrogen and oxygen atoms in total. The Morgan fingerprint density at radius 2 is 2.00 bits per heavy atom. The summed E-state index contributed by atoms with van der Waals surface area (Å²) in [4.78, 5) is 32.4. The van der Waals surface area contributed by atoms with Gasteiger partial charge in [-0.25, -0.2) is 0 Å². The number of carbonyl (C=O) groups excluding carboxylic acids is 2. The predicted molar refractivity (Wildman–Crippen MR) is 152 cm³/mol. The summed E-state index contributed by atoms with van der Waals surface area (Å²) in [5.41, 5.74) is 3.39. The second-order valence-electron chi connectivity index (χ2n) is 10.7. The maximum absolute atomic E-state index is 14.2. The highest BCUT2D eigenvalue weighted by atomic mass is 35.5. The van der Waals surface area contributed by atoms with Crippen LogP contribution in [0, 0.1) is 17.8 Å². The third-order valence-corrected chi connectivity index (χ3v) is 8.77. The summed E-state index contributed by atoms with van der Waals surface area (Å²) in [6, 6.07) is 10.2. The minimum absolute atomic E-state index is 0.0313. The van der Waals surface area contributed by atoms with Crippen LogP contribution in [0.15, 0.2) is 55.0 Å². The third kappa shape index (κ3) is 4.41. The molecule has 2 aromatic heterocycles. The first-order chi connectivity index (χ1) is 18.4. The van der Waals surface area contributed by atoms with Crippen LogP contribution in [0.4, 0.5) is 5.69 Å². The first-order valence-corrected chi connectivity index (χ1v) is 13.8. The van der Waals surface area contributed by atoms with Crippen LogP contribution in [0.25, 0.3) is 27.8 Å². The Morgan fingerprint density at radius 3 is 2.76 bits per heavy atom. The fourth-order valence-electron chi connectivity index (χ4n) is 6.46. The number of ketones is 1. The maximum Gasteiger partial charge on any atom is 0.230 e. The van der Waals surface area contributed by atoms with Gasteiger partial charge in [0.1, 0.15) is 0 Å². The molecule has 38 heavy (non-hydrogen) atoms. The SMILES string of the molecule is CCC(=O)/C=C/c1cncc(N(Cc2cccc3cc4cnn(C)c4c(Cl)c23)C(=O)C2C[C@H]3CC[C@@H]2C3)c1. The number of rotatable bonds is 7. The van der Waals surface area contributed by atoms with Crippen molar-refractivity contribution in [1.82, 2.24) is 14.8 Å². The number of aromatic nitrogens is 3. The van der Waals surface area contributed by atoms with Crippen molar-refractivity contribution < 1.29 is 9.59 Å². The molecule has 2 fully saturated rings. The average Bonchev–Trinajstić information content (AvgIpc) is 3.66. The molecule has 0 aliphatic heterocycles. The zero-order chi connectivity index (χ0) is 26.4. The van der Waals surface area contributed by atoms with Gasteiger partial charge in [0.05, 0.1) is 35.2 Å². The molecule has 0 radical (unpaired) electrons. The van der Waals surface area contributed by atoms with Crippen LogP contribution in [-0.2, 0) is 23.2 Å². The van der Waals surface area contributed by atoms with Crippen LogP contribution in [0.2, 0.25) is 5.02 Å². The van der Waals surface area contributed by atoms with Gasteiger partial charge in [-0.15, -0.1) is 0 Å². The van der Waals surface area contributed by atoms with Gasteiger partial charge in [-0.1, -0.05) is 43.1 Å². The lowest BCUT2D eigenvalue weighted by molar-refractivity contribution is -0.124. The molecular formula is C31H31ClN4O2. The minimum atomic E-state index is 0.0313. The van der Waals surface area contributed by atoms with Crippen LogP contribution in [0.5, 0.6) is 0 Å². The van der Waals surface area contributed by atoms with Gasteiger partial charge in [-0.3, -0.25) is 19.3 Å². The van der Waals surface area contributed by atoms with Crippen LogP contribution in [0.1, 0.15) is 50.2 Å². The zero-order valence-electron chi connectivity index (χ0n) is 21.7. The number of anilines is 1. The van der Waals surface area contributed by atoms with Crippen molar-refractivity contribution in [2.45, 2.75) is 45.6 Å². The smallest absolute Gasteiger partial charge is 0.230 e. The number of amides is 1. The Labute approximate surface area is 227 Å². The van der Waals surface area contributed by atoms with E-state index in [4.69, 9.17) is 11.6 Å². The summed E-state index contributed by atoms with van der Waals surface area (Å²) in [5.74, 6) is 1.35. The monoisotopic (exact) mass is 526 g/mol. The van der Waals surface area contributed by atoms with E-state index in [1.54, 1.807) is 29.2 Å². The summed E-state index contributed by atoms with van der Waals surface area (Å²) in [6.45, 7) is 2.22. The number of benzene rings is 2. The highest BCUT2D eigenvalue weighted by Crippen LogP contribution is 2.49. The summed E-state index contributed by atoms with van der Waals surface area (Å²) in [7, 11) is 1.89. The Hall–Kier alpha value is -3.51. The van der Waals surface area contributed by atoms with Crippen molar-refractivity contribution in [2.24, 2.45) is 24.8 Å². The number of nitrogens with zero attached hydrogens (tertiary/aromatic N) is 4. The van der Waals surface area contributed by atoms with Gasteiger partial charge >= 0.3 is 0 Å². The lowest BCUT2D eigenvalue weighted by Crippen LogP contribution is -2.38. The molecule has 2 heterocycles. The summed E-state index contributed by atoms with van der Waals surface area (Å²) in [5, 5.41) is 7.99. The molecule has 0 spiro atoms. The zero-order valence-corrected chi connectivity index (χ0v) is 22.5. The maximum atomic E-state index is 14.2. The largest absolute Gasteiger partial charge is 0.306 e. The Bertz CT molecular complexity index is 1590. The molecule has 1 amide bonds. The number of hydrogen-bond donors (Lipinski definition) is 0. The van der Waals surface area contributed by atoms with Crippen molar-refractivity contribution in [2.75, 3.05) is 4.90 Å². The molecule has 4 aromatic rings. The second-order valence-corrected chi connectivity index (χ2v) is 11.1. The van der Waals surface area contributed by atoms with E-state index in [9.17, 15) is 9.59 Å². The lowest BCUT2D eigenvalue weighted by atomic mass is 9.87. The van der Waals surface area contributed by atoms with Gasteiger partial charge < -0.3 is 4.90 Å². The van der Waals surface area contributed by atoms with E-state index in [-0.39, 0.29) is 17.6 Å². The molecule has 194 valence electrons. The highest BCUT2D eigenvalue weighted by molar-refractivity contribution is 6.40. The van der Waals surface area contributed by atoms with E-state index < -0.39 is 0 Å². The van der Waals surface area contributed by atoms with Gasteiger partial charge in [-0.05, 0) is 71.9 Å². The van der Waals surface area contributed by atoms with Crippen molar-refractivity contribution in [1.29, 1.82) is 0 Å². The Balaban J connectivity index is 1.43. The van der Waals surface area contributed by atoms with Crippen molar-refractivity contribution in [3.63, 3.8) is 0 Å². The van der Waals surface area contributed by atoms with Gasteiger partial charge in [-0.2, -0.15) is 5.10 Å². The predicted octanol–water partition coefficient (Wildman–Crippen LogP) is 6.74. The van der Waals surface area contributed by atoms with Crippen molar-refractivity contribution >= 4 is 56.7 Å².